The summed E-state index contributed by atoms with van der Waals surface area (Å²) in [5.41, 5.74) is 25.1. The minimum absolute atomic E-state index is 0.371. The van der Waals surface area contributed by atoms with E-state index in [2.05, 4.69) is 80.4 Å². The van der Waals surface area contributed by atoms with Gasteiger partial charge in [0.1, 0.15) is 28.0 Å². The first-order valence-electron chi connectivity index (χ1n) is 22.5. The molecule has 10 heteroatoms. The van der Waals surface area contributed by atoms with Crippen molar-refractivity contribution in [2.45, 2.75) is 88.6 Å². The quantitative estimate of drug-likeness (QED) is 0.158. The lowest BCUT2D eigenvalue weighted by atomic mass is 9.83. The predicted octanol–water partition coefficient (Wildman–Crippen LogP) is 10.4. The van der Waals surface area contributed by atoms with Gasteiger partial charge in [-0.3, -0.25) is 24.6 Å². The zero-order valence-corrected chi connectivity index (χ0v) is 36.5. The van der Waals surface area contributed by atoms with Crippen LogP contribution in [0.3, 0.4) is 0 Å². The van der Waals surface area contributed by atoms with Gasteiger partial charge in [-0.05, 0) is 111 Å². The zero-order valence-electron chi connectivity index (χ0n) is 35.7. The molecule has 8 heterocycles. The van der Waals surface area contributed by atoms with Gasteiger partial charge in [-0.2, -0.15) is 0 Å². The van der Waals surface area contributed by atoms with Crippen LogP contribution in [0.15, 0.2) is 145 Å². The van der Waals surface area contributed by atoms with Crippen molar-refractivity contribution < 1.29 is 14.3 Å². The third-order valence-corrected chi connectivity index (χ3v) is 14.4. The first-order chi connectivity index (χ1) is 31.4. The molecular formula is C54H50N6O3S. The van der Waals surface area contributed by atoms with E-state index < -0.39 is 5.91 Å². The van der Waals surface area contributed by atoms with Crippen molar-refractivity contribution in [2.75, 3.05) is 0 Å². The SMILES string of the molecule is NC(=O)c1cccc2c1Oc1ccccc1C2=C1CC2CCC(C1)N2Cc1ccccn1.NC(=S)c1cccc2c1Oc1ccccc1C2=C1CC2CCC(C1)N2Cc1ccccn1. The van der Waals surface area contributed by atoms with Crippen LogP contribution in [0.4, 0.5) is 0 Å². The lowest BCUT2D eigenvalue weighted by Gasteiger charge is -2.38. The molecule has 12 rings (SSSR count). The minimum Gasteiger partial charge on any atom is -0.455 e. The van der Waals surface area contributed by atoms with Crippen molar-refractivity contribution in [3.05, 3.63) is 190 Å². The summed E-state index contributed by atoms with van der Waals surface area (Å²) >= 11 is 5.34. The summed E-state index contributed by atoms with van der Waals surface area (Å²) in [6, 6.07) is 42.8. The molecule has 4 bridgehead atoms. The number of carbonyl (C=O) groups excluding carboxylic acids is 1. The van der Waals surface area contributed by atoms with E-state index in [1.807, 2.05) is 67.0 Å². The molecule has 9 nitrogen and oxygen atoms in total. The molecule has 0 aliphatic carbocycles. The number of ether oxygens (including phenoxy) is 2. The standard InChI is InChI=1S/C27H25N3O2.C27H25N3OS/c28-27(31)23-9-5-8-22-25(21-7-1-2-10-24(21)32-26(22)23)17-14-19-11-12-20(15-17)30(19)16-18-6-3-4-13-29-18;28-27(32)23-9-5-8-22-25(21-7-1-2-10-24(21)31-26(22)23)17-14-19-11-12-20(15-17)30(19)16-18-6-3-4-13-29-18/h1-10,13,19-20H,11-12,14-16H2,(H2,28,31);1-10,13,19-20H,11-12,14-16H2,(H2,28,32). The molecule has 4 atom stereocenters. The van der Waals surface area contributed by atoms with Gasteiger partial charge in [0.15, 0.2) is 0 Å². The molecule has 64 heavy (non-hydrogen) atoms. The number of pyridine rings is 2. The van der Waals surface area contributed by atoms with Gasteiger partial charge < -0.3 is 20.9 Å². The van der Waals surface area contributed by atoms with Gasteiger partial charge in [-0.1, -0.05) is 96.2 Å². The molecule has 4 unspecified atom stereocenters. The van der Waals surface area contributed by atoms with Crippen molar-refractivity contribution in [1.29, 1.82) is 0 Å². The number of amides is 1. The van der Waals surface area contributed by atoms with E-state index >= 15 is 0 Å². The molecule has 0 spiro atoms. The summed E-state index contributed by atoms with van der Waals surface area (Å²) < 4.78 is 12.5. The van der Waals surface area contributed by atoms with Gasteiger partial charge in [0.2, 0.25) is 0 Å². The third-order valence-electron chi connectivity index (χ3n) is 14.2. The van der Waals surface area contributed by atoms with Crippen LogP contribution in [-0.2, 0) is 13.1 Å². The van der Waals surface area contributed by atoms with E-state index in [9.17, 15) is 4.79 Å². The van der Waals surface area contributed by atoms with Crippen LogP contribution < -0.4 is 20.9 Å². The van der Waals surface area contributed by atoms with E-state index in [4.69, 9.17) is 33.2 Å². The summed E-state index contributed by atoms with van der Waals surface area (Å²) in [6.45, 7) is 1.83. The number of nitrogens with zero attached hydrogens (tertiary/aromatic N) is 4. The molecule has 320 valence electrons. The minimum atomic E-state index is -0.462. The van der Waals surface area contributed by atoms with Crippen molar-refractivity contribution in [3.8, 4) is 23.0 Å². The average Bonchev–Trinajstić information content (AvgIpc) is 3.67. The molecule has 6 aliphatic heterocycles. The second kappa shape index (κ2) is 16.9. The summed E-state index contributed by atoms with van der Waals surface area (Å²) in [5.74, 6) is 2.60. The molecule has 2 aromatic heterocycles. The topological polar surface area (TPSA) is 120 Å². The fourth-order valence-corrected chi connectivity index (χ4v) is 11.5. The van der Waals surface area contributed by atoms with E-state index in [0.717, 1.165) is 89.7 Å². The maximum absolute atomic E-state index is 12.1. The number of thiocarbonyl (C=S) groups is 1. The lowest BCUT2D eigenvalue weighted by Crippen LogP contribution is -2.40. The molecule has 0 saturated carbocycles. The number of hydrogen-bond acceptors (Lipinski definition) is 8. The second-order valence-corrected chi connectivity index (χ2v) is 18.3. The molecule has 4 aromatic carbocycles. The number of piperidine rings is 2. The predicted molar refractivity (Wildman–Crippen MR) is 254 cm³/mol. The fraction of sp³-hybridized carbons (Fsp3) is 0.259. The summed E-state index contributed by atoms with van der Waals surface area (Å²) in [6.07, 6.45) is 12.9. The molecule has 4 saturated heterocycles. The number of rotatable bonds is 6. The smallest absolute Gasteiger partial charge is 0.252 e. The Kier molecular flexibility index (Phi) is 10.7. The number of fused-ring (bicyclic) bond motifs is 8. The van der Waals surface area contributed by atoms with Gasteiger partial charge in [-0.25, -0.2) is 0 Å². The van der Waals surface area contributed by atoms with Gasteiger partial charge in [0.25, 0.3) is 5.91 Å². The Labute approximate surface area is 379 Å². The summed E-state index contributed by atoms with van der Waals surface area (Å²) in [7, 11) is 0. The van der Waals surface area contributed by atoms with Crippen LogP contribution >= 0.6 is 12.2 Å². The molecule has 6 aliphatic rings. The maximum Gasteiger partial charge on any atom is 0.252 e. The van der Waals surface area contributed by atoms with Crippen LogP contribution in [0.5, 0.6) is 23.0 Å². The molecule has 0 radical (unpaired) electrons. The summed E-state index contributed by atoms with van der Waals surface area (Å²) in [5, 5.41) is 0. The Morgan fingerprint density at radius 2 is 0.938 bits per heavy atom. The Balaban J connectivity index is 0.000000143. The molecule has 4 fully saturated rings. The Morgan fingerprint density at radius 1 is 0.531 bits per heavy atom. The highest BCUT2D eigenvalue weighted by molar-refractivity contribution is 7.80. The number of benzene rings is 4. The van der Waals surface area contributed by atoms with E-state index in [0.29, 0.717) is 40.5 Å². The number of primary amides is 1. The first-order valence-corrected chi connectivity index (χ1v) is 22.9. The molecule has 6 aromatic rings. The van der Waals surface area contributed by atoms with Gasteiger partial charge in [0, 0.05) is 71.9 Å². The molecule has 1 amide bonds. The number of aromatic nitrogens is 2. The van der Waals surface area contributed by atoms with Crippen LogP contribution in [0.1, 0.15) is 101 Å². The van der Waals surface area contributed by atoms with Gasteiger partial charge >= 0.3 is 0 Å². The average molecular weight is 863 g/mol. The van der Waals surface area contributed by atoms with Gasteiger partial charge in [0.05, 0.1) is 22.5 Å². The summed E-state index contributed by atoms with van der Waals surface area (Å²) in [4.78, 5) is 26.9. The van der Waals surface area contributed by atoms with Crippen LogP contribution in [-0.4, -0.2) is 54.8 Å². The van der Waals surface area contributed by atoms with Crippen molar-refractivity contribution in [2.24, 2.45) is 11.5 Å². The van der Waals surface area contributed by atoms with Crippen LogP contribution in [0.25, 0.3) is 11.1 Å². The van der Waals surface area contributed by atoms with E-state index in [1.54, 1.807) is 6.07 Å². The molecule has 4 N–H and O–H groups in total. The Morgan fingerprint density at radius 3 is 1.36 bits per heavy atom. The zero-order chi connectivity index (χ0) is 43.3. The number of hydrogen-bond donors (Lipinski definition) is 2. The van der Waals surface area contributed by atoms with Crippen LogP contribution in [0.2, 0.25) is 0 Å². The fourth-order valence-electron chi connectivity index (χ4n) is 11.4. The maximum atomic E-state index is 12.1. The Hall–Kier alpha value is -6.46. The van der Waals surface area contributed by atoms with Gasteiger partial charge in [-0.15, -0.1) is 0 Å². The highest BCUT2D eigenvalue weighted by Crippen LogP contribution is 2.52. The number of para-hydroxylation sites is 4. The van der Waals surface area contributed by atoms with Crippen molar-refractivity contribution >= 4 is 34.3 Å². The van der Waals surface area contributed by atoms with Crippen LogP contribution in [0, 0.1) is 0 Å². The number of nitrogens with two attached hydrogens (primary N) is 2. The lowest BCUT2D eigenvalue weighted by molar-refractivity contribution is 0.0998. The first kappa shape index (κ1) is 40.3. The normalized spacial score (nSPS) is 21.6. The highest BCUT2D eigenvalue weighted by Gasteiger charge is 2.42. The monoisotopic (exact) mass is 862 g/mol. The van der Waals surface area contributed by atoms with E-state index in [-0.39, 0.29) is 0 Å². The second-order valence-electron chi connectivity index (χ2n) is 17.8. The number of carbonyl (C=O) groups is 1. The molecular weight excluding hydrogens is 813 g/mol. The third kappa shape index (κ3) is 7.39. The largest absolute Gasteiger partial charge is 0.455 e. The van der Waals surface area contributed by atoms with Crippen molar-refractivity contribution in [1.82, 2.24) is 19.8 Å². The van der Waals surface area contributed by atoms with E-state index in [1.165, 1.54) is 53.5 Å². The highest BCUT2D eigenvalue weighted by atomic mass is 32.1. The Bertz CT molecular complexity index is 2640. The van der Waals surface area contributed by atoms with Crippen molar-refractivity contribution in [3.63, 3.8) is 0 Å².